The average molecular weight is 290 g/mol. The molecule has 5 heteroatoms. The number of hydrogen-bond donors (Lipinski definition) is 2. The normalized spacial score (nSPS) is 18.3. The minimum absolute atomic E-state index is 0.102. The van der Waals surface area contributed by atoms with Gasteiger partial charge in [0.1, 0.15) is 5.69 Å². The predicted octanol–water partition coefficient (Wildman–Crippen LogP) is 1.66. The Balaban J connectivity index is 2.06. The van der Waals surface area contributed by atoms with Crippen molar-refractivity contribution in [1.29, 1.82) is 0 Å². The van der Waals surface area contributed by atoms with Crippen molar-refractivity contribution in [1.82, 2.24) is 15.6 Å². The van der Waals surface area contributed by atoms with Gasteiger partial charge >= 0.3 is 0 Å². The van der Waals surface area contributed by atoms with Gasteiger partial charge in [0.2, 0.25) is 0 Å². The van der Waals surface area contributed by atoms with Crippen LogP contribution >= 0.6 is 0 Å². The zero-order valence-electron chi connectivity index (χ0n) is 13.1. The third-order valence-corrected chi connectivity index (χ3v) is 3.94. The molecule has 1 unspecified atom stereocenters. The Morgan fingerprint density at radius 3 is 3.05 bits per heavy atom. The van der Waals surface area contributed by atoms with Gasteiger partial charge in [-0.25, -0.2) is 0 Å². The van der Waals surface area contributed by atoms with Gasteiger partial charge in [0, 0.05) is 31.5 Å². The number of pyridine rings is 1. The molecule has 0 saturated carbocycles. The third-order valence-electron chi connectivity index (χ3n) is 3.94. The molecule has 2 N–H and O–H groups in total. The molecule has 2 heterocycles. The molecule has 0 aliphatic carbocycles. The van der Waals surface area contributed by atoms with Crippen LogP contribution in [0, 0.1) is 5.92 Å². The van der Waals surface area contributed by atoms with Gasteiger partial charge in [-0.05, 0) is 57.8 Å². The fourth-order valence-electron chi connectivity index (χ4n) is 2.80. The van der Waals surface area contributed by atoms with Crippen LogP contribution in [0.2, 0.25) is 0 Å². The van der Waals surface area contributed by atoms with Crippen LogP contribution in [0.15, 0.2) is 18.3 Å². The lowest BCUT2D eigenvalue weighted by Crippen LogP contribution is -2.38. The van der Waals surface area contributed by atoms with Gasteiger partial charge in [0.05, 0.1) is 0 Å². The molecule has 1 amide bonds. The second-order valence-electron chi connectivity index (χ2n) is 5.51. The number of amides is 1. The van der Waals surface area contributed by atoms with E-state index >= 15 is 0 Å². The second-order valence-corrected chi connectivity index (χ2v) is 5.51. The number of carbonyl (C=O) groups is 1. The molecule has 1 saturated heterocycles. The van der Waals surface area contributed by atoms with Crippen molar-refractivity contribution in [2.75, 3.05) is 37.6 Å². The molecule has 1 aliphatic heterocycles. The third kappa shape index (κ3) is 4.43. The highest BCUT2D eigenvalue weighted by molar-refractivity contribution is 5.93. The van der Waals surface area contributed by atoms with Crippen molar-refractivity contribution >= 4 is 11.6 Å². The quantitative estimate of drug-likeness (QED) is 0.836. The summed E-state index contributed by atoms with van der Waals surface area (Å²) in [5.74, 6) is 0.578. The molecule has 5 nitrogen and oxygen atoms in total. The monoisotopic (exact) mass is 290 g/mol. The molecule has 2 rings (SSSR count). The largest absolute Gasteiger partial charge is 0.371 e. The molecule has 1 aliphatic rings. The van der Waals surface area contributed by atoms with Crippen LogP contribution in [0.5, 0.6) is 0 Å². The summed E-state index contributed by atoms with van der Waals surface area (Å²) in [6.07, 6.45) is 4.25. The molecule has 1 aromatic rings. The Labute approximate surface area is 127 Å². The lowest BCUT2D eigenvalue weighted by atomic mass is 9.99. The van der Waals surface area contributed by atoms with E-state index in [1.54, 1.807) is 6.20 Å². The summed E-state index contributed by atoms with van der Waals surface area (Å²) in [6, 6.07) is 3.88. The standard InChI is InChI=1S/C16H26N4O/c1-3-18-16(21)15-10-14(7-9-19-15)20(4-2)12-13-6-5-8-17-11-13/h7,9-10,13,17H,3-6,8,11-12H2,1-2H3,(H,18,21). The molecule has 1 fully saturated rings. The second kappa shape index (κ2) is 7.98. The number of nitrogens with zero attached hydrogens (tertiary/aromatic N) is 2. The van der Waals surface area contributed by atoms with Gasteiger partial charge < -0.3 is 15.5 Å². The van der Waals surface area contributed by atoms with Crippen LogP contribution in [0.4, 0.5) is 5.69 Å². The number of nitrogens with one attached hydrogen (secondary N) is 2. The van der Waals surface area contributed by atoms with Crippen molar-refractivity contribution in [3.8, 4) is 0 Å². The van der Waals surface area contributed by atoms with Crippen LogP contribution in [-0.2, 0) is 0 Å². The van der Waals surface area contributed by atoms with Gasteiger partial charge in [0.15, 0.2) is 0 Å². The highest BCUT2D eigenvalue weighted by Crippen LogP contribution is 2.19. The van der Waals surface area contributed by atoms with Crippen LogP contribution in [0.1, 0.15) is 37.2 Å². The molecular formula is C16H26N4O. The minimum atomic E-state index is -0.102. The van der Waals surface area contributed by atoms with Crippen LogP contribution in [0.25, 0.3) is 0 Å². The number of rotatable bonds is 6. The summed E-state index contributed by atoms with van der Waals surface area (Å²) in [4.78, 5) is 18.4. The van der Waals surface area contributed by atoms with Gasteiger partial charge in [-0.15, -0.1) is 0 Å². The van der Waals surface area contributed by atoms with Gasteiger partial charge in [-0.3, -0.25) is 9.78 Å². The number of hydrogen-bond acceptors (Lipinski definition) is 4. The molecule has 0 radical (unpaired) electrons. The van der Waals surface area contributed by atoms with Gasteiger partial charge in [-0.1, -0.05) is 0 Å². The molecule has 0 spiro atoms. The molecular weight excluding hydrogens is 264 g/mol. The van der Waals surface area contributed by atoms with E-state index in [9.17, 15) is 4.79 Å². The number of aromatic nitrogens is 1. The molecule has 21 heavy (non-hydrogen) atoms. The van der Waals surface area contributed by atoms with Crippen molar-refractivity contribution in [3.05, 3.63) is 24.0 Å². The summed E-state index contributed by atoms with van der Waals surface area (Å²) < 4.78 is 0. The van der Waals surface area contributed by atoms with Crippen molar-refractivity contribution in [2.24, 2.45) is 5.92 Å². The topological polar surface area (TPSA) is 57.3 Å². The maximum atomic E-state index is 11.9. The zero-order chi connectivity index (χ0) is 15.1. The maximum absolute atomic E-state index is 11.9. The van der Waals surface area contributed by atoms with Crippen molar-refractivity contribution < 1.29 is 4.79 Å². The van der Waals surface area contributed by atoms with E-state index in [0.717, 1.165) is 31.9 Å². The van der Waals surface area contributed by atoms with E-state index in [4.69, 9.17) is 0 Å². The molecule has 1 aromatic heterocycles. The van der Waals surface area contributed by atoms with Gasteiger partial charge in [0.25, 0.3) is 5.91 Å². The number of anilines is 1. The van der Waals surface area contributed by atoms with Crippen LogP contribution in [-0.4, -0.2) is 43.6 Å². The fourth-order valence-corrected chi connectivity index (χ4v) is 2.80. The first kappa shape index (κ1) is 15.8. The van der Waals surface area contributed by atoms with Crippen LogP contribution in [0.3, 0.4) is 0 Å². The first-order valence-electron chi connectivity index (χ1n) is 7.94. The smallest absolute Gasteiger partial charge is 0.269 e. The highest BCUT2D eigenvalue weighted by Gasteiger charge is 2.17. The fraction of sp³-hybridized carbons (Fsp3) is 0.625. The number of piperidine rings is 1. The summed E-state index contributed by atoms with van der Waals surface area (Å²) in [6.45, 7) is 8.89. The molecule has 1 atom stereocenters. The average Bonchev–Trinajstić information content (AvgIpc) is 2.54. The Morgan fingerprint density at radius 1 is 1.52 bits per heavy atom. The van der Waals surface area contributed by atoms with E-state index in [1.807, 2.05) is 19.1 Å². The summed E-state index contributed by atoms with van der Waals surface area (Å²) >= 11 is 0. The summed E-state index contributed by atoms with van der Waals surface area (Å²) in [5, 5.41) is 6.26. The van der Waals surface area contributed by atoms with E-state index in [2.05, 4.69) is 27.4 Å². The minimum Gasteiger partial charge on any atom is -0.371 e. The number of carbonyl (C=O) groups excluding carboxylic acids is 1. The summed E-state index contributed by atoms with van der Waals surface area (Å²) in [7, 11) is 0. The molecule has 116 valence electrons. The predicted molar refractivity (Wildman–Crippen MR) is 85.7 cm³/mol. The zero-order valence-corrected chi connectivity index (χ0v) is 13.1. The Bertz CT molecular complexity index is 457. The van der Waals surface area contributed by atoms with Crippen LogP contribution < -0.4 is 15.5 Å². The Kier molecular flexibility index (Phi) is 5.99. The lowest BCUT2D eigenvalue weighted by Gasteiger charge is -2.31. The SMILES string of the molecule is CCNC(=O)c1cc(N(CC)CC2CCCNC2)ccn1. The van der Waals surface area contributed by atoms with E-state index in [-0.39, 0.29) is 5.91 Å². The molecule has 0 bridgehead atoms. The molecule has 0 aromatic carbocycles. The highest BCUT2D eigenvalue weighted by atomic mass is 16.1. The Hall–Kier alpha value is -1.62. The van der Waals surface area contributed by atoms with E-state index in [1.165, 1.54) is 12.8 Å². The Morgan fingerprint density at radius 2 is 2.38 bits per heavy atom. The lowest BCUT2D eigenvalue weighted by molar-refractivity contribution is 0.0951. The van der Waals surface area contributed by atoms with Crippen molar-refractivity contribution in [2.45, 2.75) is 26.7 Å². The summed E-state index contributed by atoms with van der Waals surface area (Å²) in [5.41, 5.74) is 1.58. The van der Waals surface area contributed by atoms with E-state index in [0.29, 0.717) is 18.2 Å². The van der Waals surface area contributed by atoms with E-state index < -0.39 is 0 Å². The maximum Gasteiger partial charge on any atom is 0.269 e. The first-order valence-corrected chi connectivity index (χ1v) is 7.94. The van der Waals surface area contributed by atoms with Crippen molar-refractivity contribution in [3.63, 3.8) is 0 Å². The first-order chi connectivity index (χ1) is 10.2. The van der Waals surface area contributed by atoms with Gasteiger partial charge in [-0.2, -0.15) is 0 Å².